The van der Waals surface area contributed by atoms with E-state index < -0.39 is 0 Å². The van der Waals surface area contributed by atoms with Crippen LogP contribution in [0, 0.1) is 0 Å². The lowest BCUT2D eigenvalue weighted by atomic mass is 10.4. The molecule has 0 heterocycles. The zero-order valence-electron chi connectivity index (χ0n) is 5.82. The van der Waals surface area contributed by atoms with Gasteiger partial charge in [0.2, 0.25) is 0 Å². The molecule has 0 radical (unpaired) electrons. The molecule has 0 aliphatic rings. The van der Waals surface area contributed by atoms with Crippen LogP contribution in [-0.4, -0.2) is 16.5 Å². The zero-order chi connectivity index (χ0) is 6.57. The SMILES string of the molecule is CCCN(Br)C(C)C. The summed E-state index contributed by atoms with van der Waals surface area (Å²) in [6.45, 7) is 7.66. The monoisotopic (exact) mass is 179 g/mol. The Hall–Kier alpha value is 0.440. The van der Waals surface area contributed by atoms with E-state index in [1.165, 1.54) is 6.42 Å². The van der Waals surface area contributed by atoms with Crippen molar-refractivity contribution in [3.05, 3.63) is 0 Å². The van der Waals surface area contributed by atoms with Crippen molar-refractivity contribution in [2.45, 2.75) is 33.2 Å². The third-order valence-electron chi connectivity index (χ3n) is 0.998. The summed E-state index contributed by atoms with van der Waals surface area (Å²) >= 11 is 3.44. The van der Waals surface area contributed by atoms with Crippen molar-refractivity contribution in [2.24, 2.45) is 0 Å². The van der Waals surface area contributed by atoms with Crippen LogP contribution in [0.4, 0.5) is 0 Å². The normalized spacial score (nSPS) is 11.2. The molecule has 0 aliphatic heterocycles. The molecule has 0 rings (SSSR count). The third kappa shape index (κ3) is 3.44. The summed E-state index contributed by atoms with van der Waals surface area (Å²) < 4.78 is 2.16. The van der Waals surface area contributed by atoms with Gasteiger partial charge in [0.05, 0.1) is 0 Å². The highest BCUT2D eigenvalue weighted by Gasteiger charge is 2.00. The third-order valence-corrected chi connectivity index (χ3v) is 2.17. The maximum atomic E-state index is 3.44. The average molecular weight is 180 g/mol. The lowest BCUT2D eigenvalue weighted by Crippen LogP contribution is -2.20. The van der Waals surface area contributed by atoms with E-state index in [9.17, 15) is 0 Å². The van der Waals surface area contributed by atoms with E-state index in [1.807, 2.05) is 0 Å². The van der Waals surface area contributed by atoms with Gasteiger partial charge in [0.1, 0.15) is 0 Å². The highest BCUT2D eigenvalue weighted by Crippen LogP contribution is 2.04. The molecule has 0 aromatic heterocycles. The van der Waals surface area contributed by atoms with Crippen LogP contribution >= 0.6 is 16.1 Å². The van der Waals surface area contributed by atoms with E-state index in [4.69, 9.17) is 0 Å². The molecule has 0 aromatic carbocycles. The van der Waals surface area contributed by atoms with Crippen LogP contribution in [-0.2, 0) is 0 Å². The van der Waals surface area contributed by atoms with E-state index in [1.54, 1.807) is 0 Å². The number of nitrogens with zero attached hydrogens (tertiary/aromatic N) is 1. The van der Waals surface area contributed by atoms with E-state index in [-0.39, 0.29) is 0 Å². The van der Waals surface area contributed by atoms with Gasteiger partial charge in [-0.05, 0) is 20.3 Å². The zero-order valence-corrected chi connectivity index (χ0v) is 7.40. The fourth-order valence-electron chi connectivity index (χ4n) is 0.472. The fourth-order valence-corrected chi connectivity index (χ4v) is 0.826. The highest BCUT2D eigenvalue weighted by molar-refractivity contribution is 9.07. The Morgan fingerprint density at radius 3 is 2.12 bits per heavy atom. The van der Waals surface area contributed by atoms with Gasteiger partial charge in [0.15, 0.2) is 0 Å². The molecular formula is C6H14BrN. The summed E-state index contributed by atoms with van der Waals surface area (Å²) in [5.74, 6) is 0. The predicted octanol–water partition coefficient (Wildman–Crippen LogP) is 2.42. The van der Waals surface area contributed by atoms with Crippen molar-refractivity contribution in [3.63, 3.8) is 0 Å². The van der Waals surface area contributed by atoms with Gasteiger partial charge in [0.25, 0.3) is 0 Å². The molecule has 0 aliphatic carbocycles. The average Bonchev–Trinajstić information content (AvgIpc) is 1.67. The first-order valence-electron chi connectivity index (χ1n) is 3.11. The Balaban J connectivity index is 3.17. The molecular weight excluding hydrogens is 166 g/mol. The van der Waals surface area contributed by atoms with E-state index in [2.05, 4.69) is 40.8 Å². The summed E-state index contributed by atoms with van der Waals surface area (Å²) in [5.41, 5.74) is 0. The maximum absolute atomic E-state index is 3.44. The first-order chi connectivity index (χ1) is 3.68. The molecule has 0 atom stereocenters. The van der Waals surface area contributed by atoms with E-state index in [0.29, 0.717) is 6.04 Å². The summed E-state index contributed by atoms with van der Waals surface area (Å²) in [6, 6.07) is 0.620. The van der Waals surface area contributed by atoms with Crippen LogP contribution in [0.2, 0.25) is 0 Å². The molecule has 0 aromatic rings. The molecule has 2 heteroatoms. The maximum Gasteiger partial charge on any atom is 0.0149 e. The standard InChI is InChI=1S/C6H14BrN/c1-4-5-8(7)6(2)3/h6H,4-5H2,1-3H3. The molecule has 0 bridgehead atoms. The van der Waals surface area contributed by atoms with Gasteiger partial charge in [-0.3, -0.25) is 0 Å². The second-order valence-electron chi connectivity index (χ2n) is 2.22. The van der Waals surface area contributed by atoms with Gasteiger partial charge in [-0.25, -0.2) is 3.93 Å². The van der Waals surface area contributed by atoms with Crippen molar-refractivity contribution in [1.82, 2.24) is 3.93 Å². The van der Waals surface area contributed by atoms with Crippen molar-refractivity contribution >= 4 is 16.1 Å². The minimum absolute atomic E-state index is 0.620. The lowest BCUT2D eigenvalue weighted by molar-refractivity contribution is 0.411. The molecule has 0 saturated carbocycles. The first-order valence-corrected chi connectivity index (χ1v) is 3.81. The smallest absolute Gasteiger partial charge is 0.0149 e. The van der Waals surface area contributed by atoms with Gasteiger partial charge >= 0.3 is 0 Å². The second kappa shape index (κ2) is 4.33. The molecule has 0 saturated heterocycles. The Bertz CT molecular complexity index is 54.5. The summed E-state index contributed by atoms with van der Waals surface area (Å²) in [7, 11) is 0. The van der Waals surface area contributed by atoms with Gasteiger partial charge < -0.3 is 0 Å². The van der Waals surface area contributed by atoms with Crippen molar-refractivity contribution < 1.29 is 0 Å². The van der Waals surface area contributed by atoms with Crippen LogP contribution in [0.3, 0.4) is 0 Å². The van der Waals surface area contributed by atoms with E-state index >= 15 is 0 Å². The first kappa shape index (κ1) is 8.44. The Kier molecular flexibility index (Phi) is 4.57. The predicted molar refractivity (Wildman–Crippen MR) is 41.1 cm³/mol. The highest BCUT2D eigenvalue weighted by atomic mass is 79.9. The molecule has 0 N–H and O–H groups in total. The number of hydrogen-bond donors (Lipinski definition) is 0. The summed E-state index contributed by atoms with van der Waals surface area (Å²) in [4.78, 5) is 0. The number of rotatable bonds is 3. The topological polar surface area (TPSA) is 3.24 Å². The quantitative estimate of drug-likeness (QED) is 0.603. The molecule has 0 unspecified atom stereocenters. The minimum Gasteiger partial charge on any atom is -0.240 e. The van der Waals surface area contributed by atoms with Crippen LogP contribution in [0.25, 0.3) is 0 Å². The van der Waals surface area contributed by atoms with Gasteiger partial charge in [-0.15, -0.1) is 0 Å². The number of halogens is 1. The van der Waals surface area contributed by atoms with Crippen LogP contribution < -0.4 is 0 Å². The van der Waals surface area contributed by atoms with Crippen molar-refractivity contribution in [3.8, 4) is 0 Å². The van der Waals surface area contributed by atoms with Crippen molar-refractivity contribution in [1.29, 1.82) is 0 Å². The van der Waals surface area contributed by atoms with Gasteiger partial charge in [-0.1, -0.05) is 6.92 Å². The molecule has 1 nitrogen and oxygen atoms in total. The Morgan fingerprint density at radius 2 is 2.00 bits per heavy atom. The Morgan fingerprint density at radius 1 is 1.50 bits per heavy atom. The van der Waals surface area contributed by atoms with E-state index in [0.717, 1.165) is 6.54 Å². The summed E-state index contributed by atoms with van der Waals surface area (Å²) in [6.07, 6.45) is 1.21. The largest absolute Gasteiger partial charge is 0.240 e. The fraction of sp³-hybridized carbons (Fsp3) is 1.00. The summed E-state index contributed by atoms with van der Waals surface area (Å²) in [5, 5.41) is 0. The van der Waals surface area contributed by atoms with Crippen molar-refractivity contribution in [2.75, 3.05) is 6.54 Å². The second-order valence-corrected chi connectivity index (χ2v) is 3.13. The molecule has 0 amide bonds. The van der Waals surface area contributed by atoms with Crippen LogP contribution in [0.5, 0.6) is 0 Å². The van der Waals surface area contributed by atoms with Gasteiger partial charge in [0, 0.05) is 28.7 Å². The van der Waals surface area contributed by atoms with Crippen LogP contribution in [0.15, 0.2) is 0 Å². The van der Waals surface area contributed by atoms with Gasteiger partial charge in [-0.2, -0.15) is 0 Å². The molecule has 8 heavy (non-hydrogen) atoms. The number of hydrogen-bond acceptors (Lipinski definition) is 1. The molecule has 0 spiro atoms. The molecule has 50 valence electrons. The molecule has 0 fully saturated rings. The lowest BCUT2D eigenvalue weighted by Gasteiger charge is -2.16. The van der Waals surface area contributed by atoms with Crippen LogP contribution in [0.1, 0.15) is 27.2 Å². The minimum atomic E-state index is 0.620. The Labute approximate surface area is 60.4 Å².